The first-order valence-corrected chi connectivity index (χ1v) is 11.8. The van der Waals surface area contributed by atoms with E-state index in [2.05, 4.69) is 4.72 Å². The summed E-state index contributed by atoms with van der Waals surface area (Å²) in [5.74, 6) is -0.652. The molecule has 0 amide bonds. The van der Waals surface area contributed by atoms with Crippen molar-refractivity contribution < 1.29 is 22.9 Å². The van der Waals surface area contributed by atoms with Crippen LogP contribution in [0.3, 0.4) is 0 Å². The molecule has 33 heavy (non-hydrogen) atoms. The summed E-state index contributed by atoms with van der Waals surface area (Å²) in [6, 6.07) is 18.0. The van der Waals surface area contributed by atoms with Crippen molar-refractivity contribution in [2.75, 3.05) is 6.61 Å². The van der Waals surface area contributed by atoms with Crippen LogP contribution in [0.4, 0.5) is 5.69 Å². The van der Waals surface area contributed by atoms with Crippen LogP contribution in [-0.2, 0) is 14.8 Å². The molecule has 1 unspecified atom stereocenters. The van der Waals surface area contributed by atoms with Crippen LogP contribution < -0.4 is 4.72 Å². The fourth-order valence-electron chi connectivity index (χ4n) is 3.19. The van der Waals surface area contributed by atoms with Gasteiger partial charge in [-0.15, -0.1) is 0 Å². The average molecular weight is 489 g/mol. The van der Waals surface area contributed by atoms with Gasteiger partial charge in [0.15, 0.2) is 0 Å². The Morgan fingerprint density at radius 1 is 1.09 bits per heavy atom. The summed E-state index contributed by atoms with van der Waals surface area (Å²) in [5.41, 5.74) is 1.13. The van der Waals surface area contributed by atoms with Gasteiger partial charge in [0.1, 0.15) is 0 Å². The van der Waals surface area contributed by atoms with E-state index in [1.54, 1.807) is 24.3 Å². The Kier molecular flexibility index (Phi) is 7.80. The van der Waals surface area contributed by atoms with Gasteiger partial charge < -0.3 is 4.74 Å². The van der Waals surface area contributed by atoms with Gasteiger partial charge in [-0.1, -0.05) is 41.9 Å². The lowest BCUT2D eigenvalue weighted by Gasteiger charge is -2.19. The highest BCUT2D eigenvalue weighted by Gasteiger charge is 2.22. The Hall–Kier alpha value is -3.27. The van der Waals surface area contributed by atoms with Crippen LogP contribution in [0.1, 0.15) is 33.9 Å². The number of ether oxygens (including phenoxy) is 1. The van der Waals surface area contributed by atoms with Crippen LogP contribution in [0.2, 0.25) is 5.02 Å². The van der Waals surface area contributed by atoms with E-state index in [-0.39, 0.29) is 29.2 Å². The van der Waals surface area contributed by atoms with Crippen LogP contribution in [0.15, 0.2) is 77.7 Å². The minimum absolute atomic E-state index is 0.0613. The van der Waals surface area contributed by atoms with E-state index in [0.29, 0.717) is 16.1 Å². The molecule has 0 heterocycles. The molecule has 0 fully saturated rings. The number of nitrogens with zero attached hydrogens (tertiary/aromatic N) is 1. The van der Waals surface area contributed by atoms with Gasteiger partial charge in [-0.2, -0.15) is 0 Å². The van der Waals surface area contributed by atoms with Crippen molar-refractivity contribution in [1.29, 1.82) is 0 Å². The molecule has 3 rings (SSSR count). The molecule has 0 bridgehead atoms. The summed E-state index contributed by atoms with van der Waals surface area (Å²) in [4.78, 5) is 22.9. The normalized spacial score (nSPS) is 12.2. The number of nitro benzene ring substituents is 1. The zero-order valence-corrected chi connectivity index (χ0v) is 19.2. The van der Waals surface area contributed by atoms with Gasteiger partial charge >= 0.3 is 5.97 Å². The van der Waals surface area contributed by atoms with E-state index in [1.165, 1.54) is 49.4 Å². The van der Waals surface area contributed by atoms with Crippen molar-refractivity contribution in [3.05, 3.63) is 105 Å². The molecule has 1 atom stereocenters. The molecule has 3 aromatic rings. The first-order chi connectivity index (χ1) is 15.7. The Morgan fingerprint density at radius 3 is 2.36 bits per heavy atom. The van der Waals surface area contributed by atoms with Crippen molar-refractivity contribution in [1.82, 2.24) is 4.72 Å². The third kappa shape index (κ3) is 6.38. The van der Waals surface area contributed by atoms with E-state index in [9.17, 15) is 23.3 Å². The molecule has 1 N–H and O–H groups in total. The number of aryl methyl sites for hydroxylation is 1. The SMILES string of the molecule is Cc1cc(C(=O)OCCC(NS(=O)(=O)c2ccc(Cl)cc2)c2ccccc2)ccc1[N+](=O)[O-]. The minimum atomic E-state index is -3.86. The predicted octanol–water partition coefficient (Wildman–Crippen LogP) is 4.82. The molecular formula is C23H21ClN2O6S. The van der Waals surface area contributed by atoms with Crippen molar-refractivity contribution in [2.45, 2.75) is 24.3 Å². The molecule has 0 aromatic heterocycles. The molecule has 10 heteroatoms. The maximum atomic E-state index is 12.9. The molecule has 172 valence electrons. The number of hydrogen-bond acceptors (Lipinski definition) is 6. The maximum absolute atomic E-state index is 12.9. The second kappa shape index (κ2) is 10.6. The van der Waals surface area contributed by atoms with Gasteiger partial charge in [-0.3, -0.25) is 10.1 Å². The highest BCUT2D eigenvalue weighted by atomic mass is 35.5. The van der Waals surface area contributed by atoms with Gasteiger partial charge in [0.2, 0.25) is 10.0 Å². The summed E-state index contributed by atoms with van der Waals surface area (Å²) in [7, 11) is -3.86. The van der Waals surface area contributed by atoms with Gasteiger partial charge in [-0.25, -0.2) is 17.9 Å². The van der Waals surface area contributed by atoms with E-state index in [0.717, 1.165) is 0 Å². The quantitative estimate of drug-likeness (QED) is 0.262. The molecule has 0 saturated carbocycles. The third-order valence-corrected chi connectivity index (χ3v) is 6.63. The number of nitrogens with one attached hydrogen (secondary N) is 1. The van der Waals surface area contributed by atoms with Gasteiger partial charge in [0.25, 0.3) is 5.69 Å². The zero-order chi connectivity index (χ0) is 24.0. The Balaban J connectivity index is 1.71. The number of benzene rings is 3. The van der Waals surface area contributed by atoms with Crippen molar-refractivity contribution >= 4 is 33.3 Å². The lowest BCUT2D eigenvalue weighted by atomic mass is 10.1. The number of halogens is 1. The zero-order valence-electron chi connectivity index (χ0n) is 17.6. The van der Waals surface area contributed by atoms with Gasteiger partial charge in [0.05, 0.1) is 28.0 Å². The fraction of sp³-hybridized carbons (Fsp3) is 0.174. The second-order valence-corrected chi connectivity index (χ2v) is 9.37. The number of hydrogen-bond donors (Lipinski definition) is 1. The fourth-order valence-corrected chi connectivity index (χ4v) is 4.57. The van der Waals surface area contributed by atoms with Gasteiger partial charge in [-0.05, 0) is 48.9 Å². The van der Waals surface area contributed by atoms with Crippen LogP contribution in [-0.4, -0.2) is 25.9 Å². The van der Waals surface area contributed by atoms with Crippen molar-refractivity contribution in [2.24, 2.45) is 0 Å². The largest absolute Gasteiger partial charge is 0.462 e. The smallest absolute Gasteiger partial charge is 0.338 e. The molecule has 8 nitrogen and oxygen atoms in total. The number of carbonyl (C=O) groups excluding carboxylic acids is 1. The molecule has 0 radical (unpaired) electrons. The highest BCUT2D eigenvalue weighted by molar-refractivity contribution is 7.89. The second-order valence-electron chi connectivity index (χ2n) is 7.22. The lowest BCUT2D eigenvalue weighted by Crippen LogP contribution is -2.29. The minimum Gasteiger partial charge on any atom is -0.462 e. The topological polar surface area (TPSA) is 116 Å². The van der Waals surface area contributed by atoms with Gasteiger partial charge in [0, 0.05) is 23.1 Å². The van der Waals surface area contributed by atoms with E-state index in [1.807, 2.05) is 6.07 Å². The van der Waals surface area contributed by atoms with Crippen molar-refractivity contribution in [3.8, 4) is 0 Å². The van der Waals surface area contributed by atoms with E-state index >= 15 is 0 Å². The number of esters is 1. The van der Waals surface area contributed by atoms with Crippen LogP contribution in [0.25, 0.3) is 0 Å². The van der Waals surface area contributed by atoms with E-state index < -0.39 is 27.0 Å². The molecule has 3 aromatic carbocycles. The Morgan fingerprint density at radius 2 is 1.76 bits per heavy atom. The number of sulfonamides is 1. The number of carbonyl (C=O) groups is 1. The Bertz CT molecular complexity index is 1250. The number of nitro groups is 1. The monoisotopic (exact) mass is 488 g/mol. The van der Waals surface area contributed by atoms with Crippen LogP contribution >= 0.6 is 11.6 Å². The lowest BCUT2D eigenvalue weighted by molar-refractivity contribution is -0.385. The van der Waals surface area contributed by atoms with Crippen molar-refractivity contribution in [3.63, 3.8) is 0 Å². The first-order valence-electron chi connectivity index (χ1n) is 9.92. The molecular weight excluding hydrogens is 468 g/mol. The highest BCUT2D eigenvalue weighted by Crippen LogP contribution is 2.23. The first kappa shape index (κ1) is 24.4. The van der Waals surface area contributed by atoms with Crippen LogP contribution in [0.5, 0.6) is 0 Å². The number of rotatable bonds is 9. The maximum Gasteiger partial charge on any atom is 0.338 e. The summed E-state index contributed by atoms with van der Waals surface area (Å²) in [6.45, 7) is 1.46. The molecule has 0 aliphatic rings. The summed E-state index contributed by atoms with van der Waals surface area (Å²) >= 11 is 5.85. The molecule has 0 spiro atoms. The summed E-state index contributed by atoms with van der Waals surface area (Å²) in [6.07, 6.45) is 0.175. The average Bonchev–Trinajstić information content (AvgIpc) is 2.78. The third-order valence-electron chi connectivity index (χ3n) is 4.89. The Labute approximate surface area is 196 Å². The summed E-state index contributed by atoms with van der Waals surface area (Å²) < 4.78 is 33.7. The molecule has 0 aliphatic carbocycles. The molecule has 0 aliphatic heterocycles. The van der Waals surface area contributed by atoms with E-state index in [4.69, 9.17) is 16.3 Å². The molecule has 0 saturated heterocycles. The predicted molar refractivity (Wildman–Crippen MR) is 124 cm³/mol. The summed E-state index contributed by atoms with van der Waals surface area (Å²) in [5, 5.41) is 11.4. The van der Waals surface area contributed by atoms with Crippen LogP contribution in [0, 0.1) is 17.0 Å². The standard InChI is InChI=1S/C23H21ClN2O6S/c1-16-15-18(7-12-22(16)26(28)29)23(27)32-14-13-21(17-5-3-2-4-6-17)25-33(30,31)20-10-8-19(24)9-11-20/h2-12,15,21,25H,13-14H2,1H3.